The Balaban J connectivity index is 2.15. The summed E-state index contributed by atoms with van der Waals surface area (Å²) in [7, 11) is 1.65. The van der Waals surface area contributed by atoms with Crippen LogP contribution in [0, 0.1) is 5.92 Å². The monoisotopic (exact) mass is 324 g/mol. The third-order valence-electron chi connectivity index (χ3n) is 3.48. The summed E-state index contributed by atoms with van der Waals surface area (Å²) in [6.45, 7) is 0.0842. The molecule has 0 fully saturated rings. The zero-order valence-corrected chi connectivity index (χ0v) is 13.4. The molecule has 2 aromatic rings. The third kappa shape index (κ3) is 4.37. The molecule has 0 spiro atoms. The van der Waals surface area contributed by atoms with Crippen LogP contribution in [0.15, 0.2) is 42.5 Å². The van der Waals surface area contributed by atoms with Gasteiger partial charge in [-0.15, -0.1) is 0 Å². The Morgan fingerprint density at radius 1 is 1.05 bits per heavy atom. The highest BCUT2D eigenvalue weighted by Gasteiger charge is 2.14. The summed E-state index contributed by atoms with van der Waals surface area (Å²) < 4.78 is 5.35. The molecule has 1 unspecified atom stereocenters. The van der Waals surface area contributed by atoms with E-state index >= 15 is 0 Å². The molecule has 0 aliphatic heterocycles. The number of halogens is 2. The molecule has 2 rings (SSSR count). The molecule has 0 heterocycles. The molecule has 0 bridgehead atoms. The Morgan fingerprint density at radius 3 is 2.48 bits per heavy atom. The number of aliphatic hydroxyl groups is 1. The second-order valence-corrected chi connectivity index (χ2v) is 5.85. The van der Waals surface area contributed by atoms with Gasteiger partial charge in [-0.25, -0.2) is 0 Å². The van der Waals surface area contributed by atoms with Crippen molar-refractivity contribution < 1.29 is 9.84 Å². The van der Waals surface area contributed by atoms with Crippen molar-refractivity contribution >= 4 is 23.2 Å². The molecule has 112 valence electrons. The van der Waals surface area contributed by atoms with Crippen LogP contribution in [0.4, 0.5) is 0 Å². The van der Waals surface area contributed by atoms with E-state index in [1.54, 1.807) is 19.2 Å². The van der Waals surface area contributed by atoms with E-state index in [9.17, 15) is 5.11 Å². The molecular formula is C17H18Cl2O2. The number of methoxy groups -OCH3 is 1. The van der Waals surface area contributed by atoms with Crippen molar-refractivity contribution in [2.75, 3.05) is 13.7 Å². The topological polar surface area (TPSA) is 29.5 Å². The number of aliphatic hydroxyl groups excluding tert-OH is 1. The predicted octanol–water partition coefficient (Wildman–Crippen LogP) is 4.40. The molecule has 4 heteroatoms. The lowest BCUT2D eigenvalue weighted by Gasteiger charge is -2.17. The minimum atomic E-state index is 0.0669. The molecule has 21 heavy (non-hydrogen) atoms. The highest BCUT2D eigenvalue weighted by Crippen LogP contribution is 2.26. The van der Waals surface area contributed by atoms with Crippen LogP contribution < -0.4 is 4.74 Å². The van der Waals surface area contributed by atoms with Crippen LogP contribution in [0.1, 0.15) is 11.1 Å². The largest absolute Gasteiger partial charge is 0.496 e. The van der Waals surface area contributed by atoms with Crippen LogP contribution in [0.25, 0.3) is 0 Å². The molecule has 1 N–H and O–H groups in total. The molecule has 0 radical (unpaired) electrons. The number of para-hydroxylation sites is 1. The van der Waals surface area contributed by atoms with Gasteiger partial charge in [0.1, 0.15) is 5.75 Å². The van der Waals surface area contributed by atoms with Crippen molar-refractivity contribution in [1.29, 1.82) is 0 Å². The Hall–Kier alpha value is -1.22. The average molecular weight is 325 g/mol. The second-order valence-electron chi connectivity index (χ2n) is 5.00. The fraction of sp³-hybridized carbons (Fsp3) is 0.294. The van der Waals surface area contributed by atoms with Crippen LogP contribution in [0.3, 0.4) is 0 Å². The molecule has 0 aliphatic carbocycles. The SMILES string of the molecule is COc1ccccc1CC(CO)Cc1cc(Cl)ccc1Cl. The Labute approximate surface area is 135 Å². The van der Waals surface area contributed by atoms with Gasteiger partial charge in [0.2, 0.25) is 0 Å². The van der Waals surface area contributed by atoms with Crippen molar-refractivity contribution in [3.63, 3.8) is 0 Å². The van der Waals surface area contributed by atoms with Crippen LogP contribution in [0.2, 0.25) is 10.0 Å². The first-order chi connectivity index (χ1) is 10.1. The first-order valence-corrected chi connectivity index (χ1v) is 7.56. The molecule has 2 nitrogen and oxygen atoms in total. The molecule has 1 atom stereocenters. The molecular weight excluding hydrogens is 307 g/mol. The van der Waals surface area contributed by atoms with Crippen molar-refractivity contribution in [2.24, 2.45) is 5.92 Å². The summed E-state index contributed by atoms with van der Waals surface area (Å²) in [5.41, 5.74) is 2.04. The molecule has 0 aromatic heterocycles. The van der Waals surface area contributed by atoms with Crippen LogP contribution in [-0.2, 0) is 12.8 Å². The smallest absolute Gasteiger partial charge is 0.122 e. The van der Waals surface area contributed by atoms with Gasteiger partial charge in [0, 0.05) is 16.7 Å². The van der Waals surface area contributed by atoms with Gasteiger partial charge in [0.25, 0.3) is 0 Å². The van der Waals surface area contributed by atoms with Crippen molar-refractivity contribution in [1.82, 2.24) is 0 Å². The van der Waals surface area contributed by atoms with Gasteiger partial charge in [-0.2, -0.15) is 0 Å². The summed E-state index contributed by atoms with van der Waals surface area (Å²) in [6, 6.07) is 13.3. The highest BCUT2D eigenvalue weighted by atomic mass is 35.5. The van der Waals surface area contributed by atoms with E-state index in [1.807, 2.05) is 30.3 Å². The van der Waals surface area contributed by atoms with E-state index < -0.39 is 0 Å². The van der Waals surface area contributed by atoms with Gasteiger partial charge in [0.05, 0.1) is 7.11 Å². The summed E-state index contributed by atoms with van der Waals surface area (Å²) in [4.78, 5) is 0. The Morgan fingerprint density at radius 2 is 1.76 bits per heavy atom. The van der Waals surface area contributed by atoms with Gasteiger partial charge in [-0.3, -0.25) is 0 Å². The summed E-state index contributed by atoms with van der Waals surface area (Å²) in [5, 5.41) is 11.0. The van der Waals surface area contributed by atoms with Gasteiger partial charge >= 0.3 is 0 Å². The third-order valence-corrected chi connectivity index (χ3v) is 4.08. The lowest BCUT2D eigenvalue weighted by atomic mass is 9.93. The maximum Gasteiger partial charge on any atom is 0.122 e. The molecule has 0 amide bonds. The van der Waals surface area contributed by atoms with E-state index in [0.29, 0.717) is 16.5 Å². The predicted molar refractivity (Wildman–Crippen MR) is 87.4 cm³/mol. The van der Waals surface area contributed by atoms with Gasteiger partial charge in [0.15, 0.2) is 0 Å². The molecule has 2 aromatic carbocycles. The lowest BCUT2D eigenvalue weighted by Crippen LogP contribution is -2.14. The van der Waals surface area contributed by atoms with E-state index in [2.05, 4.69) is 0 Å². The zero-order valence-electron chi connectivity index (χ0n) is 11.9. The zero-order chi connectivity index (χ0) is 15.2. The minimum Gasteiger partial charge on any atom is -0.496 e. The number of ether oxygens (including phenoxy) is 1. The van der Waals surface area contributed by atoms with E-state index in [1.165, 1.54) is 0 Å². The number of hydrogen-bond donors (Lipinski definition) is 1. The Kier molecular flexibility index (Phi) is 5.92. The first kappa shape index (κ1) is 16.2. The normalized spacial score (nSPS) is 12.2. The Bertz CT molecular complexity index is 599. The van der Waals surface area contributed by atoms with E-state index in [0.717, 1.165) is 23.3 Å². The highest BCUT2D eigenvalue weighted by molar-refractivity contribution is 6.33. The van der Waals surface area contributed by atoms with Crippen LogP contribution in [0.5, 0.6) is 5.75 Å². The second kappa shape index (κ2) is 7.69. The fourth-order valence-corrected chi connectivity index (χ4v) is 2.78. The number of benzene rings is 2. The van der Waals surface area contributed by atoms with Crippen molar-refractivity contribution in [2.45, 2.75) is 12.8 Å². The average Bonchev–Trinajstić information content (AvgIpc) is 2.50. The summed E-state index contributed by atoms with van der Waals surface area (Å²) in [5.74, 6) is 0.908. The fourth-order valence-electron chi connectivity index (χ4n) is 2.39. The van der Waals surface area contributed by atoms with Gasteiger partial charge < -0.3 is 9.84 Å². The maximum absolute atomic E-state index is 9.66. The summed E-state index contributed by atoms with van der Waals surface area (Å²) >= 11 is 12.2. The van der Waals surface area contributed by atoms with Gasteiger partial charge in [-0.05, 0) is 54.2 Å². The van der Waals surface area contributed by atoms with Crippen LogP contribution in [-0.4, -0.2) is 18.8 Å². The molecule has 0 saturated carbocycles. The van der Waals surface area contributed by atoms with E-state index in [-0.39, 0.29) is 12.5 Å². The standard InChI is InChI=1S/C17H18Cl2O2/c1-21-17-5-3-2-4-13(17)8-12(11-20)9-14-10-15(18)6-7-16(14)19/h2-7,10,12,20H,8-9,11H2,1H3. The first-order valence-electron chi connectivity index (χ1n) is 6.80. The quantitative estimate of drug-likeness (QED) is 0.853. The number of hydrogen-bond acceptors (Lipinski definition) is 2. The number of rotatable bonds is 6. The minimum absolute atomic E-state index is 0.0669. The molecule has 0 aliphatic rings. The summed E-state index contributed by atoms with van der Waals surface area (Å²) in [6.07, 6.45) is 1.40. The van der Waals surface area contributed by atoms with E-state index in [4.69, 9.17) is 27.9 Å². The van der Waals surface area contributed by atoms with Crippen LogP contribution >= 0.6 is 23.2 Å². The van der Waals surface area contributed by atoms with Crippen molar-refractivity contribution in [3.05, 3.63) is 63.6 Å². The van der Waals surface area contributed by atoms with Gasteiger partial charge in [-0.1, -0.05) is 41.4 Å². The molecule has 0 saturated heterocycles. The lowest BCUT2D eigenvalue weighted by molar-refractivity contribution is 0.224. The maximum atomic E-state index is 9.66. The van der Waals surface area contributed by atoms with Crippen molar-refractivity contribution in [3.8, 4) is 5.75 Å².